The summed E-state index contributed by atoms with van der Waals surface area (Å²) in [6.07, 6.45) is 7.69. The Bertz CT molecular complexity index is 971. The normalized spacial score (nSPS) is 21.9. The Morgan fingerprint density at radius 1 is 1.07 bits per heavy atom. The topological polar surface area (TPSA) is 49.6 Å². The number of carbonyl (C=O) groups is 1. The molecule has 5 nitrogen and oxygen atoms in total. The minimum atomic E-state index is 0.135. The van der Waals surface area contributed by atoms with Crippen molar-refractivity contribution in [3.63, 3.8) is 0 Å². The highest BCUT2D eigenvalue weighted by molar-refractivity contribution is 5.95. The number of rotatable bonds is 4. The third kappa shape index (κ3) is 3.83. The molecule has 3 aromatic rings. The number of hydrogen-bond donors (Lipinski definition) is 0. The lowest BCUT2D eigenvalue weighted by Crippen LogP contribution is -2.47. The first-order valence-corrected chi connectivity index (χ1v) is 10.3. The molecule has 2 aromatic heterocycles. The second-order valence-corrected chi connectivity index (χ2v) is 8.17. The van der Waals surface area contributed by atoms with Gasteiger partial charge in [-0.15, -0.1) is 0 Å². The largest absolute Gasteiger partial charge is 0.464 e. The average Bonchev–Trinajstić information content (AvgIpc) is 3.17. The van der Waals surface area contributed by atoms with Crippen LogP contribution in [0.1, 0.15) is 28.8 Å². The number of hydrogen-bond acceptors (Lipinski definition) is 4. The van der Waals surface area contributed by atoms with E-state index >= 15 is 0 Å². The molecule has 2 bridgehead atoms. The fraction of sp³-hybridized carbons (Fsp3) is 0.333. The van der Waals surface area contributed by atoms with Gasteiger partial charge in [-0.25, -0.2) is 0 Å². The molecule has 0 aliphatic carbocycles. The Morgan fingerprint density at radius 3 is 2.86 bits per heavy atom. The van der Waals surface area contributed by atoms with Gasteiger partial charge in [-0.1, -0.05) is 18.2 Å². The summed E-state index contributed by atoms with van der Waals surface area (Å²) in [5.41, 5.74) is 2.92. The predicted octanol–water partition coefficient (Wildman–Crippen LogP) is 4.08. The van der Waals surface area contributed by atoms with Crippen molar-refractivity contribution in [3.05, 3.63) is 78.3 Å². The fourth-order valence-electron chi connectivity index (χ4n) is 4.72. The SMILES string of the molecule is O=C(c1cccc(-c2ccco2)c1)N1CC2CCC1CN(Cc1cccnc1)C2. The number of furan rings is 1. The molecule has 2 atom stereocenters. The van der Waals surface area contributed by atoms with Gasteiger partial charge in [0, 0.05) is 55.7 Å². The van der Waals surface area contributed by atoms with Crippen molar-refractivity contribution in [1.29, 1.82) is 0 Å². The molecule has 148 valence electrons. The third-order valence-electron chi connectivity index (χ3n) is 6.09. The van der Waals surface area contributed by atoms with Crippen LogP contribution in [0, 0.1) is 5.92 Å². The number of nitrogens with zero attached hydrogens (tertiary/aromatic N) is 3. The van der Waals surface area contributed by atoms with Gasteiger partial charge >= 0.3 is 0 Å². The van der Waals surface area contributed by atoms with Gasteiger partial charge in [-0.3, -0.25) is 14.7 Å². The Kier molecular flexibility index (Phi) is 4.90. The van der Waals surface area contributed by atoms with E-state index in [1.165, 1.54) is 12.0 Å². The molecule has 0 spiro atoms. The molecule has 3 saturated heterocycles. The van der Waals surface area contributed by atoms with E-state index in [0.29, 0.717) is 5.92 Å². The summed E-state index contributed by atoms with van der Waals surface area (Å²) in [4.78, 5) is 22.2. The number of aromatic nitrogens is 1. The molecule has 5 heteroatoms. The van der Waals surface area contributed by atoms with Crippen LogP contribution in [0.25, 0.3) is 11.3 Å². The van der Waals surface area contributed by atoms with Crippen LogP contribution in [-0.2, 0) is 6.54 Å². The van der Waals surface area contributed by atoms with E-state index in [1.807, 2.05) is 54.9 Å². The zero-order valence-corrected chi connectivity index (χ0v) is 16.4. The molecule has 1 aromatic carbocycles. The highest BCUT2D eigenvalue weighted by Crippen LogP contribution is 2.30. The fourth-order valence-corrected chi connectivity index (χ4v) is 4.72. The van der Waals surface area contributed by atoms with Crippen molar-refractivity contribution in [1.82, 2.24) is 14.8 Å². The standard InChI is InChI=1S/C24H25N3O2/c28-24(21-6-1-5-20(12-21)23-7-3-11-29-23)27-16-19-8-9-22(27)17-26(15-19)14-18-4-2-10-25-13-18/h1-7,10-13,19,22H,8-9,14-17H2. The van der Waals surface area contributed by atoms with E-state index in [9.17, 15) is 4.79 Å². The molecule has 0 saturated carbocycles. The summed E-state index contributed by atoms with van der Waals surface area (Å²) in [5, 5.41) is 0. The molecule has 3 fully saturated rings. The quantitative estimate of drug-likeness (QED) is 0.677. The summed E-state index contributed by atoms with van der Waals surface area (Å²) in [6.45, 7) is 3.71. The summed E-state index contributed by atoms with van der Waals surface area (Å²) in [6, 6.07) is 16.0. The van der Waals surface area contributed by atoms with Crippen LogP contribution in [0.15, 0.2) is 71.6 Å². The average molecular weight is 387 g/mol. The molecule has 5 heterocycles. The van der Waals surface area contributed by atoms with Crippen LogP contribution in [0.5, 0.6) is 0 Å². The van der Waals surface area contributed by atoms with E-state index in [2.05, 4.69) is 20.9 Å². The van der Waals surface area contributed by atoms with Crippen LogP contribution in [0.4, 0.5) is 0 Å². The van der Waals surface area contributed by atoms with E-state index in [4.69, 9.17) is 4.42 Å². The highest BCUT2D eigenvalue weighted by atomic mass is 16.3. The van der Waals surface area contributed by atoms with E-state index < -0.39 is 0 Å². The second kappa shape index (κ2) is 7.84. The number of amides is 1. The van der Waals surface area contributed by atoms with Gasteiger partial charge in [-0.2, -0.15) is 0 Å². The van der Waals surface area contributed by atoms with Gasteiger partial charge in [0.1, 0.15) is 5.76 Å². The number of piperidine rings is 1. The minimum absolute atomic E-state index is 0.135. The summed E-state index contributed by atoms with van der Waals surface area (Å²) < 4.78 is 5.50. The minimum Gasteiger partial charge on any atom is -0.464 e. The molecule has 29 heavy (non-hydrogen) atoms. The third-order valence-corrected chi connectivity index (χ3v) is 6.09. The summed E-state index contributed by atoms with van der Waals surface area (Å²) in [7, 11) is 0. The first-order valence-electron chi connectivity index (χ1n) is 10.3. The molecule has 3 aliphatic rings. The van der Waals surface area contributed by atoms with E-state index in [1.54, 1.807) is 6.26 Å². The zero-order chi connectivity index (χ0) is 19.6. The van der Waals surface area contributed by atoms with Gasteiger partial charge in [0.05, 0.1) is 6.26 Å². The highest BCUT2D eigenvalue weighted by Gasteiger charge is 2.37. The molecule has 0 N–H and O–H groups in total. The van der Waals surface area contributed by atoms with Crippen molar-refractivity contribution in [2.24, 2.45) is 5.92 Å². The zero-order valence-electron chi connectivity index (χ0n) is 16.4. The Hall–Kier alpha value is -2.92. The van der Waals surface area contributed by atoms with Crippen molar-refractivity contribution < 1.29 is 9.21 Å². The van der Waals surface area contributed by atoms with E-state index in [-0.39, 0.29) is 11.9 Å². The van der Waals surface area contributed by atoms with Crippen LogP contribution in [-0.4, -0.2) is 46.4 Å². The predicted molar refractivity (Wildman–Crippen MR) is 111 cm³/mol. The number of carbonyl (C=O) groups excluding carboxylic acids is 1. The maximum Gasteiger partial charge on any atom is 0.254 e. The number of fused-ring (bicyclic) bond motifs is 4. The molecular formula is C24H25N3O2. The van der Waals surface area contributed by atoms with Gasteiger partial charge in [0.2, 0.25) is 0 Å². The Balaban J connectivity index is 1.34. The van der Waals surface area contributed by atoms with Gasteiger partial charge < -0.3 is 9.32 Å². The van der Waals surface area contributed by atoms with Crippen LogP contribution >= 0.6 is 0 Å². The molecule has 6 rings (SSSR count). The maximum atomic E-state index is 13.4. The molecule has 3 aliphatic heterocycles. The summed E-state index contributed by atoms with van der Waals surface area (Å²) in [5.74, 6) is 1.46. The number of pyridine rings is 1. The maximum absolute atomic E-state index is 13.4. The van der Waals surface area contributed by atoms with Gasteiger partial charge in [0.15, 0.2) is 0 Å². The van der Waals surface area contributed by atoms with E-state index in [0.717, 1.165) is 49.5 Å². The van der Waals surface area contributed by atoms with Gasteiger partial charge in [-0.05, 0) is 54.7 Å². The van der Waals surface area contributed by atoms with Crippen molar-refractivity contribution in [2.75, 3.05) is 19.6 Å². The monoisotopic (exact) mass is 387 g/mol. The molecule has 0 radical (unpaired) electrons. The van der Waals surface area contributed by atoms with Crippen LogP contribution in [0.3, 0.4) is 0 Å². The first kappa shape index (κ1) is 18.1. The lowest BCUT2D eigenvalue weighted by Gasteiger charge is -2.36. The van der Waals surface area contributed by atoms with Crippen molar-refractivity contribution >= 4 is 5.91 Å². The van der Waals surface area contributed by atoms with Crippen molar-refractivity contribution in [2.45, 2.75) is 25.4 Å². The van der Waals surface area contributed by atoms with Crippen LogP contribution in [0.2, 0.25) is 0 Å². The lowest BCUT2D eigenvalue weighted by atomic mass is 9.94. The second-order valence-electron chi connectivity index (χ2n) is 8.17. The Morgan fingerprint density at radius 2 is 2.03 bits per heavy atom. The van der Waals surface area contributed by atoms with Gasteiger partial charge in [0.25, 0.3) is 5.91 Å². The molecule has 2 unspecified atom stereocenters. The van der Waals surface area contributed by atoms with Crippen LogP contribution < -0.4 is 0 Å². The smallest absolute Gasteiger partial charge is 0.254 e. The van der Waals surface area contributed by atoms with Crippen molar-refractivity contribution in [3.8, 4) is 11.3 Å². The Labute approximate surface area is 171 Å². The molecule has 1 amide bonds. The first-order chi connectivity index (χ1) is 14.3. The lowest BCUT2D eigenvalue weighted by molar-refractivity contribution is 0.0585. The number of benzene rings is 1. The molecular weight excluding hydrogens is 362 g/mol. The summed E-state index contributed by atoms with van der Waals surface area (Å²) >= 11 is 0.